The molecule has 0 N–H and O–H groups in total. The van der Waals surface area contributed by atoms with E-state index in [2.05, 4.69) is 0 Å². The second kappa shape index (κ2) is 6.66. The average Bonchev–Trinajstić information content (AvgIpc) is 3.17. The number of para-hydroxylation sites is 2. The van der Waals surface area contributed by atoms with Crippen molar-refractivity contribution in [3.05, 3.63) is 84.4 Å². The molecule has 0 fully saturated rings. The molecule has 0 unspecified atom stereocenters. The van der Waals surface area contributed by atoms with Crippen LogP contribution in [0.3, 0.4) is 0 Å². The number of thiazole rings is 1. The fourth-order valence-corrected chi connectivity index (χ4v) is 4.55. The molecule has 5 rings (SSSR count). The molecule has 0 aliphatic rings. The third kappa shape index (κ3) is 2.70. The first-order valence-corrected chi connectivity index (χ1v) is 9.89. The normalized spacial score (nSPS) is 11.2. The number of fused-ring (bicyclic) bond motifs is 2. The molecule has 2 heterocycles. The lowest BCUT2D eigenvalue weighted by Gasteiger charge is -2.14. The van der Waals surface area contributed by atoms with Gasteiger partial charge in [0.2, 0.25) is 0 Å². The van der Waals surface area contributed by atoms with Gasteiger partial charge in [0.05, 0.1) is 21.3 Å². The monoisotopic (exact) mass is 380 g/mol. The van der Waals surface area contributed by atoms with Gasteiger partial charge in [-0.2, -0.15) is 0 Å². The number of nitrogens with zero attached hydrogens (tertiary/aromatic N) is 2. The number of hydrogen-bond acceptors (Lipinski definition) is 4. The largest absolute Gasteiger partial charge is 0.294 e. The second-order valence-corrected chi connectivity index (χ2v) is 7.67. The molecule has 28 heavy (non-hydrogen) atoms. The molecule has 3 aromatic carbocycles. The van der Waals surface area contributed by atoms with E-state index in [9.17, 15) is 4.79 Å². The Morgan fingerprint density at radius 3 is 2.21 bits per heavy atom. The number of carbonyl (C=O) groups excluding carboxylic acids is 1. The first kappa shape index (κ1) is 16.8. The summed E-state index contributed by atoms with van der Waals surface area (Å²) in [6.07, 6.45) is 0. The van der Waals surface area contributed by atoms with Gasteiger partial charge in [-0.05, 0) is 30.7 Å². The zero-order chi connectivity index (χ0) is 19.1. The van der Waals surface area contributed by atoms with E-state index in [0.717, 1.165) is 37.3 Å². The second-order valence-electron chi connectivity index (χ2n) is 6.64. The first-order valence-electron chi connectivity index (χ1n) is 9.07. The van der Waals surface area contributed by atoms with Crippen LogP contribution in [0.4, 0.5) is 0 Å². The van der Waals surface area contributed by atoms with Crippen LogP contribution < -0.4 is 0 Å². The third-order valence-corrected chi connectivity index (χ3v) is 5.85. The Hall–Kier alpha value is -3.37. The predicted octanol–water partition coefficient (Wildman–Crippen LogP) is 6.38. The van der Waals surface area contributed by atoms with Crippen molar-refractivity contribution in [3.8, 4) is 21.8 Å². The van der Waals surface area contributed by atoms with E-state index in [4.69, 9.17) is 9.97 Å². The summed E-state index contributed by atoms with van der Waals surface area (Å²) in [4.78, 5) is 22.5. The number of hydrogen-bond donors (Lipinski definition) is 0. The molecule has 2 aromatic heterocycles. The van der Waals surface area contributed by atoms with E-state index in [-0.39, 0.29) is 5.78 Å². The zero-order valence-electron chi connectivity index (χ0n) is 15.2. The van der Waals surface area contributed by atoms with Crippen LogP contribution in [0.5, 0.6) is 0 Å². The summed E-state index contributed by atoms with van der Waals surface area (Å²) in [5.74, 6) is -0.00800. The standard InChI is InChI=1S/C24H16N2OS/c1-15(27)21-22(16-9-3-2-4-10-16)17-11-5-6-12-18(17)25-23(21)24-26-19-13-7-8-14-20(19)28-24/h2-14H,1H3. The molecule has 0 atom stereocenters. The number of Topliss-reactive ketones (excluding diaryl/α,β-unsaturated/α-hetero) is 1. The average molecular weight is 380 g/mol. The highest BCUT2D eigenvalue weighted by molar-refractivity contribution is 7.21. The molecule has 0 amide bonds. The van der Waals surface area contributed by atoms with E-state index < -0.39 is 0 Å². The van der Waals surface area contributed by atoms with Gasteiger partial charge in [-0.15, -0.1) is 11.3 Å². The SMILES string of the molecule is CC(=O)c1c(-c2nc3ccccc3s2)nc2ccccc2c1-c1ccccc1. The van der Waals surface area contributed by atoms with Gasteiger partial charge >= 0.3 is 0 Å². The molecule has 0 spiro atoms. The van der Waals surface area contributed by atoms with Crippen LogP contribution in [-0.2, 0) is 0 Å². The number of pyridine rings is 1. The lowest BCUT2D eigenvalue weighted by Crippen LogP contribution is -2.04. The number of aromatic nitrogens is 2. The summed E-state index contributed by atoms with van der Waals surface area (Å²) in [5, 5.41) is 1.75. The van der Waals surface area contributed by atoms with Crippen molar-refractivity contribution in [2.75, 3.05) is 0 Å². The number of benzene rings is 3. The van der Waals surface area contributed by atoms with Crippen molar-refractivity contribution in [1.29, 1.82) is 0 Å². The van der Waals surface area contributed by atoms with Crippen LogP contribution in [0.2, 0.25) is 0 Å². The fraction of sp³-hybridized carbons (Fsp3) is 0.0417. The van der Waals surface area contributed by atoms with Crippen LogP contribution in [0.15, 0.2) is 78.9 Å². The van der Waals surface area contributed by atoms with Gasteiger partial charge in [-0.25, -0.2) is 9.97 Å². The van der Waals surface area contributed by atoms with Gasteiger partial charge in [-0.1, -0.05) is 60.7 Å². The van der Waals surface area contributed by atoms with E-state index >= 15 is 0 Å². The summed E-state index contributed by atoms with van der Waals surface area (Å²) in [6.45, 7) is 1.61. The molecule has 5 aromatic rings. The van der Waals surface area contributed by atoms with Crippen molar-refractivity contribution < 1.29 is 4.79 Å². The highest BCUT2D eigenvalue weighted by Crippen LogP contribution is 2.39. The predicted molar refractivity (Wildman–Crippen MR) is 116 cm³/mol. The van der Waals surface area contributed by atoms with Crippen molar-refractivity contribution in [1.82, 2.24) is 9.97 Å². The quantitative estimate of drug-likeness (QED) is 0.341. The van der Waals surface area contributed by atoms with Crippen molar-refractivity contribution in [3.63, 3.8) is 0 Å². The Balaban J connectivity index is 1.92. The van der Waals surface area contributed by atoms with Gasteiger partial charge in [-0.3, -0.25) is 4.79 Å². The third-order valence-electron chi connectivity index (χ3n) is 4.80. The summed E-state index contributed by atoms with van der Waals surface area (Å²) in [6, 6.07) is 26.0. The minimum absolute atomic E-state index is 0.00800. The lowest BCUT2D eigenvalue weighted by molar-refractivity contribution is 0.101. The molecule has 0 saturated heterocycles. The Bertz CT molecular complexity index is 1310. The van der Waals surface area contributed by atoms with Crippen molar-refractivity contribution in [2.24, 2.45) is 0 Å². The summed E-state index contributed by atoms with van der Waals surface area (Å²) in [5.41, 5.74) is 5.01. The fourth-order valence-electron chi connectivity index (χ4n) is 3.59. The Kier molecular flexibility index (Phi) is 3.99. The maximum atomic E-state index is 12.8. The topological polar surface area (TPSA) is 42.9 Å². The Labute approximate surface area is 166 Å². The highest BCUT2D eigenvalue weighted by Gasteiger charge is 2.22. The van der Waals surface area contributed by atoms with Crippen LogP contribution >= 0.6 is 11.3 Å². The molecule has 0 saturated carbocycles. The smallest absolute Gasteiger partial charge is 0.162 e. The zero-order valence-corrected chi connectivity index (χ0v) is 16.0. The minimum Gasteiger partial charge on any atom is -0.294 e. The van der Waals surface area contributed by atoms with Gasteiger partial charge in [0, 0.05) is 10.9 Å². The molecule has 0 aliphatic heterocycles. The Morgan fingerprint density at radius 1 is 0.786 bits per heavy atom. The van der Waals surface area contributed by atoms with Gasteiger partial charge in [0.25, 0.3) is 0 Å². The Morgan fingerprint density at radius 2 is 1.46 bits per heavy atom. The first-order chi connectivity index (χ1) is 13.7. The van der Waals surface area contributed by atoms with E-state index in [0.29, 0.717) is 11.3 Å². The summed E-state index contributed by atoms with van der Waals surface area (Å²) >= 11 is 1.57. The van der Waals surface area contributed by atoms with Crippen LogP contribution in [0.1, 0.15) is 17.3 Å². The minimum atomic E-state index is -0.00800. The van der Waals surface area contributed by atoms with Crippen molar-refractivity contribution >= 4 is 38.2 Å². The van der Waals surface area contributed by atoms with E-state index in [1.54, 1.807) is 18.3 Å². The molecule has 0 radical (unpaired) electrons. The lowest BCUT2D eigenvalue weighted by atomic mass is 9.92. The molecular formula is C24H16N2OS. The molecule has 0 bridgehead atoms. The molecular weight excluding hydrogens is 364 g/mol. The molecule has 134 valence electrons. The number of ketones is 1. The van der Waals surface area contributed by atoms with Gasteiger partial charge < -0.3 is 0 Å². The summed E-state index contributed by atoms with van der Waals surface area (Å²) in [7, 11) is 0. The van der Waals surface area contributed by atoms with Crippen molar-refractivity contribution in [2.45, 2.75) is 6.92 Å². The van der Waals surface area contributed by atoms with Crippen LogP contribution in [0.25, 0.3) is 42.9 Å². The summed E-state index contributed by atoms with van der Waals surface area (Å²) < 4.78 is 1.09. The van der Waals surface area contributed by atoms with E-state index in [1.165, 1.54) is 0 Å². The maximum absolute atomic E-state index is 12.8. The number of rotatable bonds is 3. The van der Waals surface area contributed by atoms with Gasteiger partial charge in [0.15, 0.2) is 5.78 Å². The number of carbonyl (C=O) groups is 1. The maximum Gasteiger partial charge on any atom is 0.162 e. The molecule has 0 aliphatic carbocycles. The van der Waals surface area contributed by atoms with Crippen LogP contribution in [-0.4, -0.2) is 15.8 Å². The van der Waals surface area contributed by atoms with E-state index in [1.807, 2.05) is 78.9 Å². The van der Waals surface area contributed by atoms with Crippen LogP contribution in [0, 0.1) is 0 Å². The van der Waals surface area contributed by atoms with Gasteiger partial charge in [0.1, 0.15) is 10.7 Å². The molecule has 3 nitrogen and oxygen atoms in total. The molecule has 4 heteroatoms. The highest BCUT2D eigenvalue weighted by atomic mass is 32.1.